The predicted molar refractivity (Wildman–Crippen MR) is 72.9 cm³/mol. The number of nitrogens with one attached hydrogen (secondary N) is 1. The molecule has 1 unspecified atom stereocenters. The molecule has 0 aliphatic carbocycles. The number of hydrogen-bond acceptors (Lipinski definition) is 4. The molecule has 0 saturated carbocycles. The van der Waals surface area contributed by atoms with Crippen LogP contribution >= 0.6 is 11.8 Å². The van der Waals surface area contributed by atoms with E-state index in [-0.39, 0.29) is 17.4 Å². The highest BCUT2D eigenvalue weighted by atomic mass is 32.2. The number of carboxylic acid groups (broad SMARTS) is 1. The van der Waals surface area contributed by atoms with Crippen LogP contribution < -0.4 is 5.32 Å². The number of nitrogens with zero attached hydrogens (tertiary/aromatic N) is 1. The van der Waals surface area contributed by atoms with Gasteiger partial charge >= 0.3 is 5.97 Å². The molecule has 0 aromatic rings. The van der Waals surface area contributed by atoms with Gasteiger partial charge in [-0.2, -0.15) is 0 Å². The van der Waals surface area contributed by atoms with Gasteiger partial charge in [-0.1, -0.05) is 6.42 Å². The van der Waals surface area contributed by atoms with E-state index in [4.69, 9.17) is 5.11 Å². The maximum atomic E-state index is 11.5. The van der Waals surface area contributed by atoms with Crippen molar-refractivity contribution in [2.24, 2.45) is 0 Å². The highest BCUT2D eigenvalue weighted by Gasteiger charge is 2.16. The molecule has 0 aromatic carbocycles. The van der Waals surface area contributed by atoms with Crippen molar-refractivity contribution in [3.8, 4) is 0 Å². The van der Waals surface area contributed by atoms with Crippen molar-refractivity contribution in [3.05, 3.63) is 0 Å². The third-order valence-corrected chi connectivity index (χ3v) is 3.98. The summed E-state index contributed by atoms with van der Waals surface area (Å²) in [6, 6.07) is 0.360. The monoisotopic (exact) mass is 274 g/mol. The van der Waals surface area contributed by atoms with Gasteiger partial charge in [0.05, 0.1) is 11.5 Å². The van der Waals surface area contributed by atoms with Crippen LogP contribution in [-0.4, -0.2) is 59.1 Å². The van der Waals surface area contributed by atoms with Gasteiger partial charge in [0.1, 0.15) is 0 Å². The normalized spacial score (nSPS) is 18.3. The summed E-state index contributed by atoms with van der Waals surface area (Å²) in [7, 11) is 0. The van der Waals surface area contributed by atoms with Gasteiger partial charge in [0.2, 0.25) is 5.91 Å². The number of thioether (sulfide) groups is 1. The van der Waals surface area contributed by atoms with Crippen molar-refractivity contribution in [2.75, 3.05) is 31.1 Å². The Morgan fingerprint density at radius 2 is 1.94 bits per heavy atom. The van der Waals surface area contributed by atoms with Gasteiger partial charge in [-0.3, -0.25) is 14.5 Å². The van der Waals surface area contributed by atoms with Crippen LogP contribution in [0.25, 0.3) is 0 Å². The first kappa shape index (κ1) is 15.3. The lowest BCUT2D eigenvalue weighted by molar-refractivity contribution is -0.133. The molecule has 1 aliphatic heterocycles. The maximum absolute atomic E-state index is 11.5. The molecule has 1 rings (SSSR count). The first-order chi connectivity index (χ1) is 8.59. The van der Waals surface area contributed by atoms with Crippen molar-refractivity contribution in [2.45, 2.75) is 32.2 Å². The first-order valence-corrected chi connectivity index (χ1v) is 7.55. The smallest absolute Gasteiger partial charge is 0.313 e. The van der Waals surface area contributed by atoms with Gasteiger partial charge < -0.3 is 10.4 Å². The summed E-state index contributed by atoms with van der Waals surface area (Å²) >= 11 is 1.13. The topological polar surface area (TPSA) is 69.6 Å². The van der Waals surface area contributed by atoms with E-state index in [0.29, 0.717) is 12.6 Å². The first-order valence-electron chi connectivity index (χ1n) is 6.40. The quantitative estimate of drug-likeness (QED) is 0.718. The lowest BCUT2D eigenvalue weighted by atomic mass is 10.1. The summed E-state index contributed by atoms with van der Waals surface area (Å²) in [6.45, 7) is 5.00. The Kier molecular flexibility index (Phi) is 7.12. The molecular weight excluding hydrogens is 252 g/mol. The summed E-state index contributed by atoms with van der Waals surface area (Å²) in [4.78, 5) is 24.2. The van der Waals surface area contributed by atoms with Crippen molar-refractivity contribution in [1.29, 1.82) is 0 Å². The number of rotatable bonds is 7. The zero-order valence-electron chi connectivity index (χ0n) is 10.9. The molecule has 104 valence electrons. The van der Waals surface area contributed by atoms with Gasteiger partial charge in [-0.15, -0.1) is 11.8 Å². The molecule has 18 heavy (non-hydrogen) atoms. The van der Waals surface area contributed by atoms with Crippen molar-refractivity contribution < 1.29 is 14.7 Å². The van der Waals surface area contributed by atoms with Gasteiger partial charge in [0.15, 0.2) is 0 Å². The van der Waals surface area contributed by atoms with Crippen LogP contribution in [0.3, 0.4) is 0 Å². The van der Waals surface area contributed by atoms with E-state index in [1.807, 2.05) is 0 Å². The number of aliphatic carboxylic acids is 1. The Morgan fingerprint density at radius 1 is 1.28 bits per heavy atom. The predicted octanol–water partition coefficient (Wildman–Crippen LogP) is 0.795. The minimum atomic E-state index is -0.880. The van der Waals surface area contributed by atoms with Crippen molar-refractivity contribution >= 4 is 23.6 Å². The summed E-state index contributed by atoms with van der Waals surface area (Å²) in [5.41, 5.74) is 0. The lowest BCUT2D eigenvalue weighted by Gasteiger charge is -2.32. The van der Waals surface area contributed by atoms with Crippen LogP contribution in [0, 0.1) is 0 Å². The standard InChI is InChI=1S/C12H22N2O3S/c1-10(14-5-3-2-4-6-14)7-13-11(15)8-18-9-12(16)17/h10H,2-9H2,1H3,(H,13,15)(H,16,17). The number of hydrogen-bond donors (Lipinski definition) is 2. The molecule has 6 heteroatoms. The molecule has 1 amide bonds. The van der Waals surface area contributed by atoms with Crippen LogP contribution in [0.1, 0.15) is 26.2 Å². The fourth-order valence-corrected chi connectivity index (χ4v) is 2.60. The maximum Gasteiger partial charge on any atom is 0.313 e. The van der Waals surface area contributed by atoms with E-state index in [1.165, 1.54) is 19.3 Å². The number of carbonyl (C=O) groups is 2. The van der Waals surface area contributed by atoms with Gasteiger partial charge in [0.25, 0.3) is 0 Å². The van der Waals surface area contributed by atoms with E-state index in [1.54, 1.807) is 0 Å². The second-order valence-corrected chi connectivity index (χ2v) is 5.62. The van der Waals surface area contributed by atoms with Crippen LogP contribution in [0.2, 0.25) is 0 Å². The van der Waals surface area contributed by atoms with Crippen LogP contribution in [0.5, 0.6) is 0 Å². The van der Waals surface area contributed by atoms with Gasteiger partial charge in [-0.05, 0) is 32.9 Å². The third kappa shape index (κ3) is 6.26. The van der Waals surface area contributed by atoms with Crippen LogP contribution in [0.15, 0.2) is 0 Å². The molecule has 1 saturated heterocycles. The lowest BCUT2D eigenvalue weighted by Crippen LogP contribution is -2.44. The Hall–Kier alpha value is -0.750. The fourth-order valence-electron chi connectivity index (χ4n) is 2.03. The number of likely N-dealkylation sites (tertiary alicyclic amines) is 1. The van der Waals surface area contributed by atoms with Crippen molar-refractivity contribution in [3.63, 3.8) is 0 Å². The van der Waals surface area contributed by atoms with Gasteiger partial charge in [-0.25, -0.2) is 0 Å². The second-order valence-electron chi connectivity index (χ2n) is 4.64. The highest BCUT2D eigenvalue weighted by molar-refractivity contribution is 8.00. The van der Waals surface area contributed by atoms with Gasteiger partial charge in [0, 0.05) is 12.6 Å². The number of amides is 1. The Morgan fingerprint density at radius 3 is 2.56 bits per heavy atom. The Bertz CT molecular complexity index is 280. The van der Waals surface area contributed by atoms with E-state index in [0.717, 1.165) is 24.9 Å². The molecular formula is C12H22N2O3S. The summed E-state index contributed by atoms with van der Waals surface area (Å²) in [6.07, 6.45) is 3.79. The Labute approximate surface area is 112 Å². The van der Waals surface area contributed by atoms with Crippen LogP contribution in [0.4, 0.5) is 0 Å². The van der Waals surface area contributed by atoms with Crippen LogP contribution in [-0.2, 0) is 9.59 Å². The van der Waals surface area contributed by atoms with E-state index < -0.39 is 5.97 Å². The largest absolute Gasteiger partial charge is 0.481 e. The molecule has 0 bridgehead atoms. The Balaban J connectivity index is 2.11. The number of piperidine rings is 1. The second kappa shape index (κ2) is 8.37. The summed E-state index contributed by atoms with van der Waals surface area (Å²) in [5, 5.41) is 11.3. The van der Waals surface area contributed by atoms with E-state index in [9.17, 15) is 9.59 Å². The zero-order chi connectivity index (χ0) is 13.4. The molecule has 0 spiro atoms. The zero-order valence-corrected chi connectivity index (χ0v) is 11.7. The molecule has 5 nitrogen and oxygen atoms in total. The molecule has 0 radical (unpaired) electrons. The SMILES string of the molecule is CC(CNC(=O)CSCC(=O)O)N1CCCCC1. The molecule has 1 aliphatic rings. The minimum Gasteiger partial charge on any atom is -0.481 e. The van der Waals surface area contributed by atoms with Crippen molar-refractivity contribution in [1.82, 2.24) is 10.2 Å². The summed E-state index contributed by atoms with van der Waals surface area (Å²) in [5.74, 6) is -0.756. The average molecular weight is 274 g/mol. The molecule has 1 atom stereocenters. The molecule has 1 fully saturated rings. The number of carbonyl (C=O) groups excluding carboxylic acids is 1. The minimum absolute atomic E-state index is 0.0188. The van der Waals surface area contributed by atoms with E-state index in [2.05, 4.69) is 17.1 Å². The van der Waals surface area contributed by atoms with E-state index >= 15 is 0 Å². The number of carboxylic acids is 1. The molecule has 0 aromatic heterocycles. The third-order valence-electron chi connectivity index (χ3n) is 3.07. The summed E-state index contributed by atoms with van der Waals surface area (Å²) < 4.78 is 0. The highest BCUT2D eigenvalue weighted by Crippen LogP contribution is 2.11. The molecule has 1 heterocycles. The average Bonchev–Trinajstić information content (AvgIpc) is 2.36. The fraction of sp³-hybridized carbons (Fsp3) is 0.833. The molecule has 2 N–H and O–H groups in total.